The average molecular weight is 334 g/mol. The molecule has 0 aliphatic carbocycles. The van der Waals surface area contributed by atoms with Crippen molar-refractivity contribution in [3.63, 3.8) is 0 Å². The van der Waals surface area contributed by atoms with Crippen molar-refractivity contribution in [2.75, 3.05) is 0 Å². The zero-order chi connectivity index (χ0) is 16.7. The largest absolute Gasteiger partial charge is 0.332 e. The molecule has 0 amide bonds. The number of aryl methyl sites for hydroxylation is 2. The number of hydrogen-bond acceptors (Lipinski definition) is 4. The van der Waals surface area contributed by atoms with Gasteiger partial charge < -0.3 is 4.57 Å². The molecule has 0 saturated heterocycles. The first-order valence-electron chi connectivity index (χ1n) is 6.90. The minimum absolute atomic E-state index is 0.288. The summed E-state index contributed by atoms with van der Waals surface area (Å²) in [6.45, 7) is 0. The van der Waals surface area contributed by atoms with Crippen LogP contribution in [-0.4, -0.2) is 18.7 Å². The molecular formula is C15H15FN4O2S. The number of thioether (sulfide) groups is 1. The van der Waals surface area contributed by atoms with E-state index in [4.69, 9.17) is 0 Å². The van der Waals surface area contributed by atoms with Crippen molar-refractivity contribution in [1.82, 2.24) is 18.7 Å². The van der Waals surface area contributed by atoms with E-state index in [9.17, 15) is 14.0 Å². The normalized spacial score (nSPS) is 11.3. The summed E-state index contributed by atoms with van der Waals surface area (Å²) in [4.78, 5) is 28.6. The van der Waals surface area contributed by atoms with Gasteiger partial charge in [-0.3, -0.25) is 13.9 Å². The van der Waals surface area contributed by atoms with Crippen molar-refractivity contribution in [3.05, 3.63) is 56.5 Å². The number of benzene rings is 1. The van der Waals surface area contributed by atoms with E-state index in [-0.39, 0.29) is 11.4 Å². The molecule has 0 radical (unpaired) electrons. The zero-order valence-corrected chi connectivity index (χ0v) is 13.7. The van der Waals surface area contributed by atoms with Gasteiger partial charge >= 0.3 is 5.69 Å². The van der Waals surface area contributed by atoms with Gasteiger partial charge in [-0.15, -0.1) is 0 Å². The number of aromatic nitrogens is 4. The third-order valence-electron chi connectivity index (χ3n) is 3.69. The second kappa shape index (κ2) is 5.69. The third kappa shape index (κ3) is 2.59. The molecule has 0 saturated carbocycles. The maximum Gasteiger partial charge on any atom is 0.332 e. The quantitative estimate of drug-likeness (QED) is 0.680. The van der Waals surface area contributed by atoms with Crippen LogP contribution in [0.4, 0.5) is 4.39 Å². The molecule has 0 N–H and O–H groups in total. The Hall–Kier alpha value is -2.35. The zero-order valence-electron chi connectivity index (χ0n) is 12.9. The van der Waals surface area contributed by atoms with Crippen LogP contribution in [0.1, 0.15) is 5.56 Å². The van der Waals surface area contributed by atoms with Crippen molar-refractivity contribution in [2.45, 2.75) is 10.9 Å². The van der Waals surface area contributed by atoms with Crippen LogP contribution >= 0.6 is 11.8 Å². The molecule has 23 heavy (non-hydrogen) atoms. The van der Waals surface area contributed by atoms with E-state index in [1.807, 2.05) is 6.07 Å². The lowest BCUT2D eigenvalue weighted by molar-refractivity contribution is 0.626. The molecule has 0 aliphatic heterocycles. The van der Waals surface area contributed by atoms with E-state index in [1.165, 1.54) is 35.5 Å². The van der Waals surface area contributed by atoms with E-state index in [1.54, 1.807) is 24.7 Å². The smallest absolute Gasteiger partial charge is 0.316 e. The third-order valence-corrected chi connectivity index (χ3v) is 4.79. The van der Waals surface area contributed by atoms with Gasteiger partial charge in [0.25, 0.3) is 5.56 Å². The molecule has 8 heteroatoms. The number of halogens is 1. The second-order valence-electron chi connectivity index (χ2n) is 5.25. The van der Waals surface area contributed by atoms with Gasteiger partial charge in [0.05, 0.1) is 0 Å². The number of rotatable bonds is 3. The van der Waals surface area contributed by atoms with Crippen LogP contribution in [0.2, 0.25) is 0 Å². The summed E-state index contributed by atoms with van der Waals surface area (Å²) < 4.78 is 17.3. The number of nitrogens with zero attached hydrogens (tertiary/aromatic N) is 4. The van der Waals surface area contributed by atoms with Crippen molar-refractivity contribution in [3.8, 4) is 0 Å². The Morgan fingerprint density at radius 1 is 1.13 bits per heavy atom. The highest BCUT2D eigenvalue weighted by atomic mass is 32.2. The molecule has 0 unspecified atom stereocenters. The summed E-state index contributed by atoms with van der Waals surface area (Å²) in [7, 11) is 4.75. The summed E-state index contributed by atoms with van der Waals surface area (Å²) in [6, 6.07) is 6.33. The Bertz CT molecular complexity index is 1020. The van der Waals surface area contributed by atoms with Crippen molar-refractivity contribution >= 4 is 22.9 Å². The Morgan fingerprint density at radius 3 is 2.57 bits per heavy atom. The van der Waals surface area contributed by atoms with Gasteiger partial charge in [-0.05, 0) is 17.7 Å². The Labute approximate surface area is 135 Å². The standard InChI is InChI=1S/C15H15FN4O2S/c1-18-11-12(19(2)15(22)20(3)13(11)21)17-14(18)23-8-9-5-4-6-10(16)7-9/h4-7H,8H2,1-3H3. The van der Waals surface area contributed by atoms with Gasteiger partial charge in [0.1, 0.15) is 5.82 Å². The predicted molar refractivity (Wildman–Crippen MR) is 87.2 cm³/mol. The molecule has 0 atom stereocenters. The van der Waals surface area contributed by atoms with E-state index in [0.717, 1.165) is 10.1 Å². The molecule has 1 aromatic carbocycles. The molecule has 0 bridgehead atoms. The lowest BCUT2D eigenvalue weighted by Crippen LogP contribution is -2.37. The highest BCUT2D eigenvalue weighted by Crippen LogP contribution is 2.24. The molecule has 120 valence electrons. The fraction of sp³-hybridized carbons (Fsp3) is 0.267. The molecule has 0 fully saturated rings. The first-order valence-corrected chi connectivity index (χ1v) is 7.88. The molecule has 2 heterocycles. The highest BCUT2D eigenvalue weighted by Gasteiger charge is 2.17. The molecule has 6 nitrogen and oxygen atoms in total. The molecule has 2 aromatic heterocycles. The van der Waals surface area contributed by atoms with Crippen LogP contribution in [0.3, 0.4) is 0 Å². The lowest BCUT2D eigenvalue weighted by atomic mass is 10.2. The van der Waals surface area contributed by atoms with E-state index >= 15 is 0 Å². The van der Waals surface area contributed by atoms with Crippen molar-refractivity contribution in [2.24, 2.45) is 21.1 Å². The predicted octanol–water partition coefficient (Wildman–Crippen LogP) is 1.40. The Kier molecular flexibility index (Phi) is 3.85. The minimum atomic E-state index is -0.415. The summed E-state index contributed by atoms with van der Waals surface area (Å²) >= 11 is 1.39. The Balaban J connectivity index is 2.04. The van der Waals surface area contributed by atoms with Gasteiger partial charge in [0.2, 0.25) is 0 Å². The van der Waals surface area contributed by atoms with Crippen LogP contribution in [-0.2, 0) is 26.9 Å². The Morgan fingerprint density at radius 2 is 1.87 bits per heavy atom. The average Bonchev–Trinajstić information content (AvgIpc) is 2.86. The second-order valence-corrected chi connectivity index (χ2v) is 6.19. The molecule has 3 rings (SSSR count). The van der Waals surface area contributed by atoms with Crippen LogP contribution in [0.5, 0.6) is 0 Å². The maximum absolute atomic E-state index is 13.2. The van der Waals surface area contributed by atoms with E-state index in [0.29, 0.717) is 22.1 Å². The van der Waals surface area contributed by atoms with Crippen LogP contribution in [0, 0.1) is 5.82 Å². The van der Waals surface area contributed by atoms with Gasteiger partial charge in [0, 0.05) is 26.9 Å². The topological polar surface area (TPSA) is 61.8 Å². The SMILES string of the molecule is Cn1c(=O)c2c(nc(SCc3cccc(F)c3)n2C)n(C)c1=O. The van der Waals surface area contributed by atoms with Crippen LogP contribution in [0.25, 0.3) is 11.2 Å². The van der Waals surface area contributed by atoms with Crippen molar-refractivity contribution in [1.29, 1.82) is 0 Å². The first kappa shape index (κ1) is 15.5. The van der Waals surface area contributed by atoms with Crippen LogP contribution in [0.15, 0.2) is 39.0 Å². The van der Waals surface area contributed by atoms with E-state index < -0.39 is 5.69 Å². The molecule has 3 aromatic rings. The molecule has 0 aliphatic rings. The fourth-order valence-electron chi connectivity index (χ4n) is 2.40. The number of hydrogen-bond donors (Lipinski definition) is 0. The van der Waals surface area contributed by atoms with Gasteiger partial charge in [-0.25, -0.2) is 14.2 Å². The first-order chi connectivity index (χ1) is 10.9. The monoisotopic (exact) mass is 334 g/mol. The minimum Gasteiger partial charge on any atom is -0.316 e. The van der Waals surface area contributed by atoms with Gasteiger partial charge in [0.15, 0.2) is 16.3 Å². The van der Waals surface area contributed by atoms with E-state index in [2.05, 4.69) is 4.98 Å². The number of fused-ring (bicyclic) bond motifs is 1. The van der Waals surface area contributed by atoms with Crippen molar-refractivity contribution < 1.29 is 4.39 Å². The fourth-order valence-corrected chi connectivity index (χ4v) is 3.31. The maximum atomic E-state index is 13.2. The molecule has 0 spiro atoms. The number of imidazole rings is 1. The van der Waals surface area contributed by atoms with Crippen LogP contribution < -0.4 is 11.2 Å². The summed E-state index contributed by atoms with van der Waals surface area (Å²) in [5.74, 6) is 0.229. The summed E-state index contributed by atoms with van der Waals surface area (Å²) in [6.07, 6.45) is 0. The lowest BCUT2D eigenvalue weighted by Gasteiger charge is -2.04. The highest BCUT2D eigenvalue weighted by molar-refractivity contribution is 7.98. The summed E-state index contributed by atoms with van der Waals surface area (Å²) in [5, 5.41) is 0.600. The van der Waals surface area contributed by atoms with Gasteiger partial charge in [-0.1, -0.05) is 23.9 Å². The summed E-state index contributed by atoms with van der Waals surface area (Å²) in [5.41, 5.74) is 0.750. The van der Waals surface area contributed by atoms with Gasteiger partial charge in [-0.2, -0.15) is 0 Å². The molecular weight excluding hydrogens is 319 g/mol.